The van der Waals surface area contributed by atoms with Gasteiger partial charge in [0.15, 0.2) is 0 Å². The molecule has 2 aromatic rings. The van der Waals surface area contributed by atoms with Gasteiger partial charge >= 0.3 is 6.18 Å². The van der Waals surface area contributed by atoms with Crippen LogP contribution in [0.5, 0.6) is 11.6 Å². The molecule has 0 saturated carbocycles. The van der Waals surface area contributed by atoms with Gasteiger partial charge in [0.05, 0.1) is 12.2 Å². The number of nitrogens with zero attached hydrogens (tertiary/aromatic N) is 1. The van der Waals surface area contributed by atoms with Crippen LogP contribution >= 0.6 is 0 Å². The van der Waals surface area contributed by atoms with Crippen molar-refractivity contribution in [2.75, 3.05) is 0 Å². The molecule has 0 amide bonds. The summed E-state index contributed by atoms with van der Waals surface area (Å²) in [6, 6.07) is 7.43. The SMILES string of the molecule is OCc1ccnc(Oc2ccc(C(F)(F)F)cc2)c1. The summed E-state index contributed by atoms with van der Waals surface area (Å²) in [5.41, 5.74) is -0.131. The second-order valence-corrected chi connectivity index (χ2v) is 3.78. The van der Waals surface area contributed by atoms with Crippen molar-refractivity contribution in [2.45, 2.75) is 12.8 Å². The van der Waals surface area contributed by atoms with Crippen molar-refractivity contribution in [1.82, 2.24) is 4.98 Å². The second-order valence-electron chi connectivity index (χ2n) is 3.78. The molecule has 100 valence electrons. The first-order chi connectivity index (χ1) is 8.99. The minimum Gasteiger partial charge on any atom is -0.439 e. The van der Waals surface area contributed by atoms with E-state index in [9.17, 15) is 13.2 Å². The van der Waals surface area contributed by atoms with Crippen molar-refractivity contribution in [3.63, 3.8) is 0 Å². The molecule has 0 unspecified atom stereocenters. The van der Waals surface area contributed by atoms with Crippen molar-refractivity contribution in [3.8, 4) is 11.6 Å². The summed E-state index contributed by atoms with van der Waals surface area (Å²) in [6.45, 7) is -0.161. The molecule has 0 aliphatic rings. The number of hydrogen-bond acceptors (Lipinski definition) is 3. The van der Waals surface area contributed by atoms with Crippen LogP contribution in [0.3, 0.4) is 0 Å². The van der Waals surface area contributed by atoms with E-state index < -0.39 is 11.7 Å². The molecule has 2 rings (SSSR count). The van der Waals surface area contributed by atoms with Crippen molar-refractivity contribution in [1.29, 1.82) is 0 Å². The van der Waals surface area contributed by atoms with Crippen LogP contribution in [0.25, 0.3) is 0 Å². The largest absolute Gasteiger partial charge is 0.439 e. The second kappa shape index (κ2) is 5.27. The van der Waals surface area contributed by atoms with Crippen LogP contribution in [0.15, 0.2) is 42.6 Å². The van der Waals surface area contributed by atoms with Gasteiger partial charge in [0.1, 0.15) is 5.75 Å². The van der Waals surface area contributed by atoms with Gasteiger partial charge in [-0.3, -0.25) is 0 Å². The highest BCUT2D eigenvalue weighted by molar-refractivity contribution is 5.32. The van der Waals surface area contributed by atoms with Crippen molar-refractivity contribution in [2.24, 2.45) is 0 Å². The third-order valence-electron chi connectivity index (χ3n) is 2.39. The van der Waals surface area contributed by atoms with E-state index in [2.05, 4.69) is 4.98 Å². The number of pyridine rings is 1. The normalized spacial score (nSPS) is 11.4. The van der Waals surface area contributed by atoms with Gasteiger partial charge in [-0.1, -0.05) is 0 Å². The zero-order chi connectivity index (χ0) is 13.9. The summed E-state index contributed by atoms with van der Waals surface area (Å²) in [4.78, 5) is 3.90. The number of halogens is 3. The molecule has 19 heavy (non-hydrogen) atoms. The number of benzene rings is 1. The van der Waals surface area contributed by atoms with Gasteiger partial charge in [-0.15, -0.1) is 0 Å². The molecule has 0 aliphatic carbocycles. The fraction of sp³-hybridized carbons (Fsp3) is 0.154. The minimum atomic E-state index is -4.37. The Hall–Kier alpha value is -2.08. The highest BCUT2D eigenvalue weighted by Gasteiger charge is 2.30. The molecule has 1 aromatic carbocycles. The van der Waals surface area contributed by atoms with E-state index in [1.807, 2.05) is 0 Å². The summed E-state index contributed by atoms with van der Waals surface area (Å²) in [5, 5.41) is 8.95. The van der Waals surface area contributed by atoms with Crippen LogP contribution < -0.4 is 4.74 Å². The maximum Gasteiger partial charge on any atom is 0.416 e. The first-order valence-electron chi connectivity index (χ1n) is 5.40. The Morgan fingerprint density at radius 1 is 1.11 bits per heavy atom. The predicted molar refractivity (Wildman–Crippen MR) is 61.7 cm³/mol. The smallest absolute Gasteiger partial charge is 0.416 e. The van der Waals surface area contributed by atoms with Crippen LogP contribution in [0.2, 0.25) is 0 Å². The van der Waals surface area contributed by atoms with Crippen LogP contribution in [0, 0.1) is 0 Å². The quantitative estimate of drug-likeness (QED) is 0.928. The fourth-order valence-corrected chi connectivity index (χ4v) is 1.44. The summed E-state index contributed by atoms with van der Waals surface area (Å²) in [7, 11) is 0. The molecule has 0 spiro atoms. The zero-order valence-corrected chi connectivity index (χ0v) is 9.69. The lowest BCUT2D eigenvalue weighted by Gasteiger charge is -2.08. The van der Waals surface area contributed by atoms with Crippen LogP contribution in [-0.2, 0) is 12.8 Å². The Morgan fingerprint density at radius 2 is 1.79 bits per heavy atom. The Balaban J connectivity index is 2.15. The fourth-order valence-electron chi connectivity index (χ4n) is 1.44. The highest BCUT2D eigenvalue weighted by atomic mass is 19.4. The standard InChI is InChI=1S/C13H10F3NO2/c14-13(15,16)10-1-3-11(4-2-10)19-12-7-9(8-18)5-6-17-12/h1-7,18H,8H2. The third-order valence-corrected chi connectivity index (χ3v) is 2.39. The van der Waals surface area contributed by atoms with E-state index in [-0.39, 0.29) is 18.2 Å². The molecule has 0 fully saturated rings. The van der Waals surface area contributed by atoms with E-state index in [1.54, 1.807) is 6.07 Å². The lowest BCUT2D eigenvalue weighted by Crippen LogP contribution is -2.04. The Labute approximate surface area is 107 Å². The number of ether oxygens (including phenoxy) is 1. The van der Waals surface area contributed by atoms with Gasteiger partial charge < -0.3 is 9.84 Å². The van der Waals surface area contributed by atoms with Crippen LogP contribution in [0.4, 0.5) is 13.2 Å². The summed E-state index contributed by atoms with van der Waals surface area (Å²) < 4.78 is 42.4. The van der Waals surface area contributed by atoms with Crippen LogP contribution in [0.1, 0.15) is 11.1 Å². The maximum absolute atomic E-state index is 12.4. The molecule has 0 bridgehead atoms. The van der Waals surface area contributed by atoms with E-state index >= 15 is 0 Å². The molecular formula is C13H10F3NO2. The van der Waals surface area contributed by atoms with E-state index in [0.717, 1.165) is 12.1 Å². The van der Waals surface area contributed by atoms with E-state index in [4.69, 9.17) is 9.84 Å². The molecule has 1 N–H and O–H groups in total. The Bertz CT molecular complexity index is 553. The van der Waals surface area contributed by atoms with E-state index in [0.29, 0.717) is 5.56 Å². The molecule has 0 saturated heterocycles. The Morgan fingerprint density at radius 3 is 2.37 bits per heavy atom. The van der Waals surface area contributed by atoms with Gasteiger partial charge in [-0.05, 0) is 35.9 Å². The minimum absolute atomic E-state index is 0.161. The van der Waals surface area contributed by atoms with Gasteiger partial charge in [0, 0.05) is 12.3 Å². The lowest BCUT2D eigenvalue weighted by molar-refractivity contribution is -0.137. The summed E-state index contributed by atoms with van der Waals surface area (Å²) >= 11 is 0. The molecule has 1 heterocycles. The third kappa shape index (κ3) is 3.45. The number of hydrogen-bond donors (Lipinski definition) is 1. The average Bonchev–Trinajstić information content (AvgIpc) is 2.38. The topological polar surface area (TPSA) is 42.4 Å². The van der Waals surface area contributed by atoms with Gasteiger partial charge in [-0.25, -0.2) is 4.98 Å². The monoisotopic (exact) mass is 269 g/mol. The van der Waals surface area contributed by atoms with E-state index in [1.165, 1.54) is 24.4 Å². The van der Waals surface area contributed by atoms with Gasteiger partial charge in [0.2, 0.25) is 5.88 Å². The first-order valence-corrected chi connectivity index (χ1v) is 5.40. The molecule has 3 nitrogen and oxygen atoms in total. The first kappa shape index (κ1) is 13.4. The summed E-state index contributed by atoms with van der Waals surface area (Å²) in [5.74, 6) is 0.460. The number of alkyl halides is 3. The summed E-state index contributed by atoms with van der Waals surface area (Å²) in [6.07, 6.45) is -2.92. The number of aromatic nitrogens is 1. The maximum atomic E-state index is 12.4. The number of rotatable bonds is 3. The van der Waals surface area contributed by atoms with Crippen LogP contribution in [-0.4, -0.2) is 10.1 Å². The zero-order valence-electron chi connectivity index (χ0n) is 9.69. The molecule has 0 atom stereocenters. The van der Waals surface area contributed by atoms with Crippen molar-refractivity contribution in [3.05, 3.63) is 53.7 Å². The molecule has 0 aliphatic heterocycles. The average molecular weight is 269 g/mol. The highest BCUT2D eigenvalue weighted by Crippen LogP contribution is 2.31. The molecule has 1 aromatic heterocycles. The van der Waals surface area contributed by atoms with Crippen molar-refractivity contribution >= 4 is 0 Å². The molecule has 0 radical (unpaired) electrons. The number of aliphatic hydroxyl groups is 1. The predicted octanol–water partition coefficient (Wildman–Crippen LogP) is 3.39. The number of aliphatic hydroxyl groups excluding tert-OH is 1. The Kier molecular flexibility index (Phi) is 3.71. The molecule has 6 heteroatoms. The lowest BCUT2D eigenvalue weighted by atomic mass is 10.2. The molecular weight excluding hydrogens is 259 g/mol. The van der Waals surface area contributed by atoms with Gasteiger partial charge in [-0.2, -0.15) is 13.2 Å². The van der Waals surface area contributed by atoms with Gasteiger partial charge in [0.25, 0.3) is 0 Å². The van der Waals surface area contributed by atoms with Crippen molar-refractivity contribution < 1.29 is 23.0 Å².